The highest BCUT2D eigenvalue weighted by Gasteiger charge is 2.22. The Bertz CT molecular complexity index is 999. The molecule has 5 heteroatoms. The topological polar surface area (TPSA) is 68.0 Å². The van der Waals surface area contributed by atoms with Gasteiger partial charge in [0.25, 0.3) is 0 Å². The lowest BCUT2D eigenvalue weighted by molar-refractivity contribution is 0.0591. The van der Waals surface area contributed by atoms with Crippen LogP contribution in [0.1, 0.15) is 35.4 Å². The zero-order valence-electron chi connectivity index (χ0n) is 19.3. The summed E-state index contributed by atoms with van der Waals surface area (Å²) in [5.41, 5.74) is 9.31. The molecule has 1 aliphatic heterocycles. The summed E-state index contributed by atoms with van der Waals surface area (Å²) in [5.74, 6) is 3.01. The second kappa shape index (κ2) is 11.3. The fourth-order valence-corrected chi connectivity index (χ4v) is 4.43. The predicted molar refractivity (Wildman–Crippen MR) is 132 cm³/mol. The third-order valence-corrected chi connectivity index (χ3v) is 6.25. The molecule has 1 aliphatic rings. The lowest BCUT2D eigenvalue weighted by atomic mass is 9.89. The van der Waals surface area contributed by atoms with Crippen molar-refractivity contribution in [1.29, 1.82) is 0 Å². The maximum atomic E-state index is 10.5. The van der Waals surface area contributed by atoms with Crippen molar-refractivity contribution < 1.29 is 14.6 Å². The van der Waals surface area contributed by atoms with E-state index >= 15 is 0 Å². The highest BCUT2D eigenvalue weighted by molar-refractivity contribution is 5.37. The molecule has 1 atom stereocenters. The lowest BCUT2D eigenvalue weighted by Gasteiger charge is -2.33. The van der Waals surface area contributed by atoms with Crippen LogP contribution in [0.2, 0.25) is 0 Å². The number of nitrogens with zero attached hydrogens (tertiary/aromatic N) is 1. The van der Waals surface area contributed by atoms with E-state index in [1.165, 1.54) is 5.56 Å². The molecule has 0 spiro atoms. The Balaban J connectivity index is 1.22. The molecule has 0 amide bonds. The van der Waals surface area contributed by atoms with E-state index in [4.69, 9.17) is 15.2 Å². The minimum absolute atomic E-state index is 0.277. The van der Waals surface area contributed by atoms with E-state index in [1.807, 2.05) is 55.5 Å². The zero-order chi connectivity index (χ0) is 23.0. The van der Waals surface area contributed by atoms with E-state index in [0.29, 0.717) is 19.0 Å². The van der Waals surface area contributed by atoms with Crippen LogP contribution < -0.4 is 15.2 Å². The summed E-state index contributed by atoms with van der Waals surface area (Å²) in [5, 5.41) is 10.5. The van der Waals surface area contributed by atoms with Gasteiger partial charge < -0.3 is 25.2 Å². The summed E-state index contributed by atoms with van der Waals surface area (Å²) in [6.45, 7) is 5.32. The van der Waals surface area contributed by atoms with Gasteiger partial charge in [0.1, 0.15) is 30.0 Å². The Morgan fingerprint density at radius 1 is 0.970 bits per heavy atom. The van der Waals surface area contributed by atoms with Gasteiger partial charge in [-0.15, -0.1) is 0 Å². The number of β-amino-alcohol motifs (C(OH)–C–C–N with tert-alkyl or cyclic N) is 1. The number of aliphatic hydroxyl groups is 1. The lowest BCUT2D eigenvalue weighted by Crippen LogP contribution is -2.40. The van der Waals surface area contributed by atoms with Gasteiger partial charge in [0.15, 0.2) is 0 Å². The monoisotopic (exact) mass is 446 g/mol. The molecule has 1 fully saturated rings. The van der Waals surface area contributed by atoms with Gasteiger partial charge in [0.05, 0.1) is 0 Å². The Labute approximate surface area is 196 Å². The molecule has 174 valence electrons. The van der Waals surface area contributed by atoms with Gasteiger partial charge in [-0.05, 0) is 74.7 Å². The standard InChI is InChI=1S/C28H34N2O3/c1-21-7-12-28(24(17-21)18-29)32-20-25(31)19-30-15-13-23(14-16-30)22-8-10-27(11-9-22)33-26-5-3-2-4-6-26/h2-12,17,23,25,31H,13-16,18-20,29H2,1H3/t25-/m0/s1. The van der Waals surface area contributed by atoms with Crippen molar-refractivity contribution in [3.63, 3.8) is 0 Å². The van der Waals surface area contributed by atoms with Crippen LogP contribution in [0, 0.1) is 6.92 Å². The molecule has 33 heavy (non-hydrogen) atoms. The maximum absolute atomic E-state index is 10.5. The molecule has 4 rings (SSSR count). The molecule has 0 saturated carbocycles. The second-order valence-corrected chi connectivity index (χ2v) is 8.84. The molecule has 0 bridgehead atoms. The molecule has 5 nitrogen and oxygen atoms in total. The van der Waals surface area contributed by atoms with Crippen LogP contribution in [0.15, 0.2) is 72.8 Å². The van der Waals surface area contributed by atoms with Crippen molar-refractivity contribution in [2.75, 3.05) is 26.2 Å². The SMILES string of the molecule is Cc1ccc(OC[C@@H](O)CN2CCC(c3ccc(Oc4ccccc4)cc3)CC2)c(CN)c1. The summed E-state index contributed by atoms with van der Waals surface area (Å²) in [7, 11) is 0. The van der Waals surface area contributed by atoms with Crippen LogP contribution in [-0.2, 0) is 6.54 Å². The van der Waals surface area contributed by atoms with Crippen LogP contribution in [0.5, 0.6) is 17.2 Å². The van der Waals surface area contributed by atoms with Crippen LogP contribution >= 0.6 is 0 Å². The number of likely N-dealkylation sites (tertiary alicyclic amines) is 1. The second-order valence-electron chi connectivity index (χ2n) is 8.84. The molecule has 3 N–H and O–H groups in total. The summed E-state index contributed by atoms with van der Waals surface area (Å²) in [6, 6.07) is 24.3. The zero-order valence-corrected chi connectivity index (χ0v) is 19.3. The molecule has 3 aromatic carbocycles. The number of ether oxygens (including phenoxy) is 2. The number of hydrogen-bond acceptors (Lipinski definition) is 5. The minimum Gasteiger partial charge on any atom is -0.491 e. The van der Waals surface area contributed by atoms with Crippen molar-refractivity contribution in [3.8, 4) is 17.2 Å². The van der Waals surface area contributed by atoms with E-state index in [0.717, 1.165) is 54.3 Å². The molecule has 0 aliphatic carbocycles. The van der Waals surface area contributed by atoms with Crippen molar-refractivity contribution >= 4 is 0 Å². The van der Waals surface area contributed by atoms with Gasteiger partial charge in [0, 0.05) is 18.7 Å². The smallest absolute Gasteiger partial charge is 0.127 e. The van der Waals surface area contributed by atoms with E-state index < -0.39 is 6.10 Å². The number of para-hydroxylation sites is 1. The summed E-state index contributed by atoms with van der Waals surface area (Å²) < 4.78 is 11.8. The number of hydrogen-bond donors (Lipinski definition) is 2. The van der Waals surface area contributed by atoms with Gasteiger partial charge in [-0.3, -0.25) is 0 Å². The van der Waals surface area contributed by atoms with Gasteiger partial charge in [-0.1, -0.05) is 48.0 Å². The Kier molecular flexibility index (Phi) is 8.00. The van der Waals surface area contributed by atoms with Gasteiger partial charge in [0.2, 0.25) is 0 Å². The largest absolute Gasteiger partial charge is 0.491 e. The molecule has 0 aromatic heterocycles. The Hall–Kier alpha value is -2.86. The third kappa shape index (κ3) is 6.57. The van der Waals surface area contributed by atoms with E-state index in [9.17, 15) is 5.11 Å². The molecule has 0 unspecified atom stereocenters. The number of rotatable bonds is 9. The first-order valence-electron chi connectivity index (χ1n) is 11.8. The minimum atomic E-state index is -0.525. The average molecular weight is 447 g/mol. The van der Waals surface area contributed by atoms with Crippen molar-refractivity contribution in [2.24, 2.45) is 5.73 Å². The predicted octanol–water partition coefficient (Wildman–Crippen LogP) is 4.87. The fraction of sp³-hybridized carbons (Fsp3) is 0.357. The number of aliphatic hydroxyl groups excluding tert-OH is 1. The van der Waals surface area contributed by atoms with Crippen LogP contribution in [0.3, 0.4) is 0 Å². The van der Waals surface area contributed by atoms with Crippen molar-refractivity contribution in [2.45, 2.75) is 38.3 Å². The van der Waals surface area contributed by atoms with Gasteiger partial charge in [-0.2, -0.15) is 0 Å². The molecule has 0 radical (unpaired) electrons. The van der Waals surface area contributed by atoms with Crippen molar-refractivity contribution in [1.82, 2.24) is 4.90 Å². The summed E-state index contributed by atoms with van der Waals surface area (Å²) >= 11 is 0. The highest BCUT2D eigenvalue weighted by atomic mass is 16.5. The number of aryl methyl sites for hydroxylation is 1. The first-order valence-corrected chi connectivity index (χ1v) is 11.8. The normalized spacial score (nSPS) is 15.8. The van der Waals surface area contributed by atoms with Gasteiger partial charge >= 0.3 is 0 Å². The van der Waals surface area contributed by atoms with E-state index in [1.54, 1.807) is 0 Å². The maximum Gasteiger partial charge on any atom is 0.127 e. The average Bonchev–Trinajstić information content (AvgIpc) is 2.85. The summed E-state index contributed by atoms with van der Waals surface area (Å²) in [4.78, 5) is 2.33. The van der Waals surface area contributed by atoms with E-state index in [2.05, 4.69) is 29.2 Å². The molecular formula is C28H34N2O3. The molecule has 1 heterocycles. The molecule has 1 saturated heterocycles. The first kappa shape index (κ1) is 23.3. The quantitative estimate of drug-likeness (QED) is 0.491. The van der Waals surface area contributed by atoms with Crippen molar-refractivity contribution in [3.05, 3.63) is 89.5 Å². The Morgan fingerprint density at radius 3 is 2.36 bits per heavy atom. The van der Waals surface area contributed by atoms with Crippen LogP contribution in [0.4, 0.5) is 0 Å². The van der Waals surface area contributed by atoms with Crippen LogP contribution in [-0.4, -0.2) is 42.4 Å². The molecular weight excluding hydrogens is 412 g/mol. The fourth-order valence-electron chi connectivity index (χ4n) is 4.43. The Morgan fingerprint density at radius 2 is 1.67 bits per heavy atom. The van der Waals surface area contributed by atoms with Crippen LogP contribution in [0.25, 0.3) is 0 Å². The number of piperidine rings is 1. The first-order chi connectivity index (χ1) is 16.1. The summed E-state index contributed by atoms with van der Waals surface area (Å²) in [6.07, 6.45) is 1.65. The third-order valence-electron chi connectivity index (χ3n) is 6.25. The number of nitrogens with two attached hydrogens (primary N) is 1. The van der Waals surface area contributed by atoms with E-state index in [-0.39, 0.29) is 6.61 Å². The molecule has 3 aromatic rings. The number of benzene rings is 3. The highest BCUT2D eigenvalue weighted by Crippen LogP contribution is 2.30. The van der Waals surface area contributed by atoms with Gasteiger partial charge in [-0.25, -0.2) is 0 Å².